The van der Waals surface area contributed by atoms with Gasteiger partial charge in [0.2, 0.25) is 0 Å². The number of nitrogens with one attached hydrogen (secondary N) is 1. The molecular formula is C14H10ClIN2S. The van der Waals surface area contributed by atoms with Crippen LogP contribution in [0, 0.1) is 14.9 Å². The van der Waals surface area contributed by atoms with Crippen molar-refractivity contribution in [2.75, 3.05) is 11.6 Å². The molecule has 0 aliphatic heterocycles. The molecule has 96 valence electrons. The molecule has 0 spiro atoms. The van der Waals surface area contributed by atoms with Gasteiger partial charge in [0.15, 0.2) is 0 Å². The van der Waals surface area contributed by atoms with E-state index >= 15 is 0 Å². The first-order valence-electron chi connectivity index (χ1n) is 5.45. The normalized spacial score (nSPS) is 10.0. The molecule has 2 rings (SSSR count). The van der Waals surface area contributed by atoms with E-state index in [1.54, 1.807) is 11.8 Å². The van der Waals surface area contributed by atoms with Gasteiger partial charge >= 0.3 is 0 Å². The van der Waals surface area contributed by atoms with E-state index in [0.717, 1.165) is 19.8 Å². The standard InChI is InChI=1S/C14H10ClIN2S/c1-19-14-4-2-3-12(10(14)8-17)18-13-6-5-9(15)7-11(13)16/h2-7,18H,1H3. The van der Waals surface area contributed by atoms with Crippen molar-refractivity contribution in [3.05, 3.63) is 50.6 Å². The number of benzene rings is 2. The van der Waals surface area contributed by atoms with Crippen LogP contribution in [0.5, 0.6) is 0 Å². The minimum Gasteiger partial charge on any atom is -0.354 e. The summed E-state index contributed by atoms with van der Waals surface area (Å²) in [7, 11) is 0. The molecule has 0 heterocycles. The summed E-state index contributed by atoms with van der Waals surface area (Å²) < 4.78 is 1.02. The Morgan fingerprint density at radius 2 is 2.05 bits per heavy atom. The van der Waals surface area contributed by atoms with Gasteiger partial charge in [-0.25, -0.2) is 0 Å². The molecule has 19 heavy (non-hydrogen) atoms. The third kappa shape index (κ3) is 3.35. The largest absolute Gasteiger partial charge is 0.354 e. The molecule has 1 N–H and O–H groups in total. The van der Waals surface area contributed by atoms with Crippen molar-refractivity contribution in [3.8, 4) is 6.07 Å². The van der Waals surface area contributed by atoms with Crippen LogP contribution in [0.15, 0.2) is 41.3 Å². The van der Waals surface area contributed by atoms with Gasteiger partial charge in [0.25, 0.3) is 0 Å². The van der Waals surface area contributed by atoms with E-state index < -0.39 is 0 Å². The van der Waals surface area contributed by atoms with E-state index in [0.29, 0.717) is 10.6 Å². The summed E-state index contributed by atoms with van der Waals surface area (Å²) in [4.78, 5) is 0.969. The number of anilines is 2. The fourth-order valence-corrected chi connectivity index (χ4v) is 3.24. The first kappa shape index (κ1) is 14.5. The van der Waals surface area contributed by atoms with Crippen molar-refractivity contribution in [2.45, 2.75) is 4.90 Å². The Bertz CT molecular complexity index is 652. The molecule has 0 bridgehead atoms. The summed E-state index contributed by atoms with van der Waals surface area (Å²) in [6.45, 7) is 0. The fourth-order valence-electron chi connectivity index (χ4n) is 1.66. The van der Waals surface area contributed by atoms with Gasteiger partial charge in [-0.1, -0.05) is 17.7 Å². The van der Waals surface area contributed by atoms with Crippen molar-refractivity contribution >= 4 is 57.3 Å². The second kappa shape index (κ2) is 6.51. The summed E-state index contributed by atoms with van der Waals surface area (Å²) in [6, 6.07) is 13.7. The van der Waals surface area contributed by atoms with Gasteiger partial charge in [-0.15, -0.1) is 11.8 Å². The smallest absolute Gasteiger partial charge is 0.103 e. The Labute approximate surface area is 135 Å². The maximum atomic E-state index is 9.30. The monoisotopic (exact) mass is 400 g/mol. The summed E-state index contributed by atoms with van der Waals surface area (Å²) in [5.41, 5.74) is 2.43. The van der Waals surface area contributed by atoms with E-state index in [2.05, 4.69) is 34.0 Å². The van der Waals surface area contributed by atoms with E-state index in [1.165, 1.54) is 0 Å². The predicted octanol–water partition coefficient (Wildman–Crippen LogP) is 5.28. The Morgan fingerprint density at radius 1 is 1.26 bits per heavy atom. The Hall–Kier alpha value is -0.900. The molecule has 0 amide bonds. The number of nitrogens with zero attached hydrogens (tertiary/aromatic N) is 1. The van der Waals surface area contributed by atoms with Gasteiger partial charge in [0.1, 0.15) is 6.07 Å². The Morgan fingerprint density at radius 3 is 2.68 bits per heavy atom. The first-order valence-corrected chi connectivity index (χ1v) is 8.13. The zero-order chi connectivity index (χ0) is 13.8. The molecule has 2 aromatic rings. The molecule has 0 radical (unpaired) electrons. The zero-order valence-corrected chi connectivity index (χ0v) is 13.8. The molecule has 0 saturated heterocycles. The van der Waals surface area contributed by atoms with Gasteiger partial charge in [-0.2, -0.15) is 5.26 Å². The van der Waals surface area contributed by atoms with Gasteiger partial charge in [0.05, 0.1) is 16.9 Å². The highest BCUT2D eigenvalue weighted by Gasteiger charge is 2.09. The van der Waals surface area contributed by atoms with Crippen LogP contribution >= 0.6 is 46.0 Å². The van der Waals surface area contributed by atoms with Crippen molar-refractivity contribution in [2.24, 2.45) is 0 Å². The van der Waals surface area contributed by atoms with E-state index in [4.69, 9.17) is 11.6 Å². The molecule has 5 heteroatoms. The van der Waals surface area contributed by atoms with Crippen molar-refractivity contribution < 1.29 is 0 Å². The molecule has 2 aromatic carbocycles. The molecule has 0 fully saturated rings. The molecule has 0 saturated carbocycles. The van der Waals surface area contributed by atoms with E-state index in [-0.39, 0.29) is 0 Å². The maximum absolute atomic E-state index is 9.30. The quantitative estimate of drug-likeness (QED) is 0.562. The first-order chi connectivity index (χ1) is 9.15. The Balaban J connectivity index is 2.41. The van der Waals surface area contributed by atoms with Gasteiger partial charge in [-0.05, 0) is 59.2 Å². The third-order valence-electron chi connectivity index (χ3n) is 2.56. The lowest BCUT2D eigenvalue weighted by Gasteiger charge is -2.12. The van der Waals surface area contributed by atoms with Crippen LogP contribution < -0.4 is 5.32 Å². The number of thioether (sulfide) groups is 1. The maximum Gasteiger partial charge on any atom is 0.103 e. The number of hydrogen-bond donors (Lipinski definition) is 1. The van der Waals surface area contributed by atoms with Crippen LogP contribution in [0.2, 0.25) is 5.02 Å². The average Bonchev–Trinajstić information content (AvgIpc) is 2.41. The highest BCUT2D eigenvalue weighted by Crippen LogP contribution is 2.31. The number of nitriles is 1. The lowest BCUT2D eigenvalue weighted by molar-refractivity contribution is 1.35. The van der Waals surface area contributed by atoms with E-state index in [1.807, 2.05) is 42.7 Å². The summed E-state index contributed by atoms with van der Waals surface area (Å²) >= 11 is 9.72. The molecular weight excluding hydrogens is 391 g/mol. The summed E-state index contributed by atoms with van der Waals surface area (Å²) in [5.74, 6) is 0. The fraction of sp³-hybridized carbons (Fsp3) is 0.0714. The minimum absolute atomic E-state index is 0.667. The number of hydrogen-bond acceptors (Lipinski definition) is 3. The van der Waals surface area contributed by atoms with Crippen molar-refractivity contribution in [3.63, 3.8) is 0 Å². The second-order valence-electron chi connectivity index (χ2n) is 3.74. The zero-order valence-electron chi connectivity index (χ0n) is 10.1. The van der Waals surface area contributed by atoms with Crippen LogP contribution in [-0.2, 0) is 0 Å². The van der Waals surface area contributed by atoms with Gasteiger partial charge < -0.3 is 5.32 Å². The van der Waals surface area contributed by atoms with Crippen LogP contribution in [-0.4, -0.2) is 6.26 Å². The number of rotatable bonds is 3. The molecule has 0 atom stereocenters. The highest BCUT2D eigenvalue weighted by atomic mass is 127. The highest BCUT2D eigenvalue weighted by molar-refractivity contribution is 14.1. The number of halogens is 2. The van der Waals surface area contributed by atoms with Gasteiger partial charge in [0, 0.05) is 13.5 Å². The van der Waals surface area contributed by atoms with Crippen molar-refractivity contribution in [1.82, 2.24) is 0 Å². The SMILES string of the molecule is CSc1cccc(Nc2ccc(Cl)cc2I)c1C#N. The third-order valence-corrected chi connectivity index (χ3v) is 4.47. The molecule has 2 nitrogen and oxygen atoms in total. The molecule has 0 aliphatic rings. The van der Waals surface area contributed by atoms with Crippen LogP contribution in [0.25, 0.3) is 0 Å². The second-order valence-corrected chi connectivity index (χ2v) is 6.19. The van der Waals surface area contributed by atoms with E-state index in [9.17, 15) is 5.26 Å². The predicted molar refractivity (Wildman–Crippen MR) is 90.4 cm³/mol. The molecule has 0 unspecified atom stereocenters. The lowest BCUT2D eigenvalue weighted by atomic mass is 10.2. The summed E-state index contributed by atoms with van der Waals surface area (Å²) in [5, 5.41) is 13.3. The summed E-state index contributed by atoms with van der Waals surface area (Å²) in [6.07, 6.45) is 1.96. The van der Waals surface area contributed by atoms with Crippen LogP contribution in [0.1, 0.15) is 5.56 Å². The molecule has 0 aliphatic carbocycles. The minimum atomic E-state index is 0.667. The Kier molecular flexibility index (Phi) is 4.97. The average molecular weight is 401 g/mol. The van der Waals surface area contributed by atoms with Crippen molar-refractivity contribution in [1.29, 1.82) is 5.26 Å². The molecule has 0 aromatic heterocycles. The van der Waals surface area contributed by atoms with Gasteiger partial charge in [-0.3, -0.25) is 0 Å². The topological polar surface area (TPSA) is 35.8 Å². The van der Waals surface area contributed by atoms with Crippen LogP contribution in [0.4, 0.5) is 11.4 Å². The lowest BCUT2D eigenvalue weighted by Crippen LogP contribution is -1.96. The van der Waals surface area contributed by atoms with Crippen LogP contribution in [0.3, 0.4) is 0 Å².